The van der Waals surface area contributed by atoms with Crippen molar-refractivity contribution in [3.63, 3.8) is 0 Å². The Bertz CT molecular complexity index is 599. The molecule has 0 N–H and O–H groups in total. The maximum atomic E-state index is 12.3. The molecule has 0 spiro atoms. The van der Waals surface area contributed by atoms with Gasteiger partial charge in [-0.05, 0) is 73.1 Å². The Labute approximate surface area is 169 Å². The summed E-state index contributed by atoms with van der Waals surface area (Å²) in [4.78, 5) is 0. The van der Waals surface area contributed by atoms with Gasteiger partial charge in [0.25, 0.3) is 0 Å². The molecule has 0 radical (unpaired) electrons. The summed E-state index contributed by atoms with van der Waals surface area (Å²) in [5.41, 5.74) is 2.51. The van der Waals surface area contributed by atoms with E-state index < -0.39 is 6.61 Å². The van der Waals surface area contributed by atoms with Crippen LogP contribution in [0.25, 0.3) is 5.57 Å². The zero-order valence-corrected chi connectivity index (χ0v) is 17.3. The van der Waals surface area contributed by atoms with Gasteiger partial charge in [0.05, 0.1) is 0 Å². The molecular formula is C25H36F2O. The summed E-state index contributed by atoms with van der Waals surface area (Å²) in [5.74, 6) is 2.97. The van der Waals surface area contributed by atoms with Crippen molar-refractivity contribution in [2.45, 2.75) is 90.6 Å². The maximum absolute atomic E-state index is 12.3. The number of alkyl halides is 2. The van der Waals surface area contributed by atoms with Crippen LogP contribution >= 0.6 is 0 Å². The first-order valence-electron chi connectivity index (χ1n) is 11.4. The smallest absolute Gasteiger partial charge is 0.387 e. The number of hydrogen-bond acceptors (Lipinski definition) is 1. The molecule has 156 valence electrons. The van der Waals surface area contributed by atoms with Gasteiger partial charge in [-0.1, -0.05) is 70.1 Å². The Kier molecular flexibility index (Phi) is 8.36. The van der Waals surface area contributed by atoms with Crippen LogP contribution in [0, 0.1) is 17.8 Å². The molecule has 1 nitrogen and oxygen atoms in total. The first-order valence-corrected chi connectivity index (χ1v) is 11.4. The molecule has 1 unspecified atom stereocenters. The summed E-state index contributed by atoms with van der Waals surface area (Å²) < 4.78 is 29.0. The molecule has 28 heavy (non-hydrogen) atoms. The highest BCUT2D eigenvalue weighted by molar-refractivity contribution is 5.66. The number of unbranched alkanes of at least 4 members (excludes halogenated alkanes) is 3. The number of ether oxygens (including phenoxy) is 1. The molecule has 0 heterocycles. The van der Waals surface area contributed by atoms with Crippen LogP contribution < -0.4 is 4.74 Å². The van der Waals surface area contributed by atoms with Crippen LogP contribution in [0.3, 0.4) is 0 Å². The van der Waals surface area contributed by atoms with Crippen LogP contribution in [-0.2, 0) is 0 Å². The number of benzene rings is 1. The summed E-state index contributed by atoms with van der Waals surface area (Å²) in [5, 5.41) is 0. The van der Waals surface area contributed by atoms with Gasteiger partial charge in [-0.25, -0.2) is 0 Å². The van der Waals surface area contributed by atoms with Crippen molar-refractivity contribution in [2.24, 2.45) is 17.8 Å². The quantitative estimate of drug-likeness (QED) is 0.386. The van der Waals surface area contributed by atoms with Crippen LogP contribution in [0.1, 0.15) is 89.5 Å². The highest BCUT2D eigenvalue weighted by atomic mass is 19.3. The lowest BCUT2D eigenvalue weighted by Crippen LogP contribution is -2.23. The van der Waals surface area contributed by atoms with E-state index in [1.165, 1.54) is 76.2 Å². The van der Waals surface area contributed by atoms with Crippen molar-refractivity contribution in [3.05, 3.63) is 35.9 Å². The molecule has 1 saturated carbocycles. The third kappa shape index (κ3) is 6.32. The molecule has 0 bridgehead atoms. The molecule has 1 fully saturated rings. The third-order valence-electron chi connectivity index (χ3n) is 6.93. The molecule has 0 amide bonds. The predicted octanol–water partition coefficient (Wildman–Crippen LogP) is 8.25. The van der Waals surface area contributed by atoms with Gasteiger partial charge in [0, 0.05) is 0 Å². The fourth-order valence-corrected chi connectivity index (χ4v) is 5.20. The molecule has 2 aliphatic rings. The molecule has 1 atom stereocenters. The Hall–Kier alpha value is -1.38. The first-order chi connectivity index (χ1) is 13.7. The summed E-state index contributed by atoms with van der Waals surface area (Å²) in [6.07, 6.45) is 18.7. The van der Waals surface area contributed by atoms with Crippen molar-refractivity contribution in [3.8, 4) is 5.75 Å². The molecule has 3 heteroatoms. The minimum absolute atomic E-state index is 0.236. The summed E-state index contributed by atoms with van der Waals surface area (Å²) >= 11 is 0. The van der Waals surface area contributed by atoms with Gasteiger partial charge in [-0.3, -0.25) is 0 Å². The van der Waals surface area contributed by atoms with Crippen molar-refractivity contribution in [1.82, 2.24) is 0 Å². The van der Waals surface area contributed by atoms with E-state index in [1.807, 2.05) is 12.1 Å². The standard InChI is InChI=1S/C25H36F2O/c1-2-3-4-5-6-19-7-9-20(10-8-19)21-11-13-22(14-12-21)23-15-17-24(18-16-23)28-25(26)27/h13,15-21,25H,2-12,14H2,1H3. The van der Waals surface area contributed by atoms with Crippen molar-refractivity contribution in [1.29, 1.82) is 0 Å². The van der Waals surface area contributed by atoms with E-state index in [1.54, 1.807) is 12.1 Å². The highest BCUT2D eigenvalue weighted by Gasteiger charge is 2.28. The zero-order chi connectivity index (χ0) is 19.8. The van der Waals surface area contributed by atoms with Gasteiger partial charge in [-0.2, -0.15) is 8.78 Å². The molecule has 2 aliphatic carbocycles. The van der Waals surface area contributed by atoms with Crippen LogP contribution in [-0.4, -0.2) is 6.61 Å². The van der Waals surface area contributed by atoms with Crippen molar-refractivity contribution >= 4 is 5.57 Å². The fraction of sp³-hybridized carbons (Fsp3) is 0.680. The Balaban J connectivity index is 1.43. The third-order valence-corrected chi connectivity index (χ3v) is 6.93. The van der Waals surface area contributed by atoms with Gasteiger partial charge in [0.1, 0.15) is 5.75 Å². The van der Waals surface area contributed by atoms with Crippen LogP contribution in [0.15, 0.2) is 30.3 Å². The predicted molar refractivity (Wildman–Crippen MR) is 113 cm³/mol. The summed E-state index contributed by atoms with van der Waals surface area (Å²) in [6.45, 7) is -0.474. The van der Waals surface area contributed by atoms with Crippen molar-refractivity contribution in [2.75, 3.05) is 0 Å². The Morgan fingerprint density at radius 3 is 2.29 bits per heavy atom. The largest absolute Gasteiger partial charge is 0.435 e. The summed E-state index contributed by atoms with van der Waals surface area (Å²) in [7, 11) is 0. The van der Waals surface area contributed by atoms with Gasteiger partial charge in [0.15, 0.2) is 0 Å². The van der Waals surface area contributed by atoms with Crippen LogP contribution in [0.2, 0.25) is 0 Å². The lowest BCUT2D eigenvalue weighted by atomic mass is 9.70. The molecule has 3 rings (SSSR count). The fourth-order valence-electron chi connectivity index (χ4n) is 5.20. The number of allylic oxidation sites excluding steroid dienone is 2. The van der Waals surface area contributed by atoms with E-state index in [0.717, 1.165) is 29.7 Å². The molecule has 0 aromatic heterocycles. The van der Waals surface area contributed by atoms with E-state index in [0.29, 0.717) is 0 Å². The topological polar surface area (TPSA) is 9.23 Å². The van der Waals surface area contributed by atoms with E-state index in [9.17, 15) is 8.78 Å². The lowest BCUT2D eigenvalue weighted by Gasteiger charge is -2.35. The van der Waals surface area contributed by atoms with Crippen LogP contribution in [0.5, 0.6) is 5.75 Å². The second kappa shape index (κ2) is 11.0. The minimum atomic E-state index is -2.76. The minimum Gasteiger partial charge on any atom is -0.435 e. The SMILES string of the molecule is CCCCCCC1CCC(C2CC=C(c3ccc(OC(F)F)cc3)CC2)CC1. The number of halogens is 2. The van der Waals surface area contributed by atoms with Gasteiger partial charge in [-0.15, -0.1) is 0 Å². The average Bonchev–Trinajstić information content (AvgIpc) is 2.72. The second-order valence-corrected chi connectivity index (χ2v) is 8.80. The van der Waals surface area contributed by atoms with E-state index in [2.05, 4.69) is 17.7 Å². The molecule has 1 aromatic carbocycles. The van der Waals surface area contributed by atoms with E-state index in [-0.39, 0.29) is 5.75 Å². The van der Waals surface area contributed by atoms with Gasteiger partial charge >= 0.3 is 6.61 Å². The molecule has 1 aromatic rings. The molecular weight excluding hydrogens is 354 g/mol. The Morgan fingerprint density at radius 1 is 0.929 bits per heavy atom. The van der Waals surface area contributed by atoms with E-state index in [4.69, 9.17) is 0 Å². The average molecular weight is 391 g/mol. The van der Waals surface area contributed by atoms with Crippen molar-refractivity contribution < 1.29 is 13.5 Å². The summed E-state index contributed by atoms with van der Waals surface area (Å²) in [6, 6.07) is 7.12. The van der Waals surface area contributed by atoms with E-state index >= 15 is 0 Å². The first kappa shape index (κ1) is 21.3. The zero-order valence-electron chi connectivity index (χ0n) is 17.3. The second-order valence-electron chi connectivity index (χ2n) is 8.80. The normalized spacial score (nSPS) is 25.6. The number of hydrogen-bond donors (Lipinski definition) is 0. The molecule has 0 saturated heterocycles. The van der Waals surface area contributed by atoms with Crippen LogP contribution in [0.4, 0.5) is 8.78 Å². The number of rotatable bonds is 9. The maximum Gasteiger partial charge on any atom is 0.387 e. The monoisotopic (exact) mass is 390 g/mol. The lowest BCUT2D eigenvalue weighted by molar-refractivity contribution is -0.0498. The Morgan fingerprint density at radius 2 is 1.68 bits per heavy atom. The van der Waals surface area contributed by atoms with Gasteiger partial charge in [0.2, 0.25) is 0 Å². The molecule has 0 aliphatic heterocycles. The van der Waals surface area contributed by atoms with Gasteiger partial charge < -0.3 is 4.74 Å². The highest BCUT2D eigenvalue weighted by Crippen LogP contribution is 2.42.